The molecule has 0 bridgehead atoms. The van der Waals surface area contributed by atoms with Gasteiger partial charge in [0.1, 0.15) is 0 Å². The summed E-state index contributed by atoms with van der Waals surface area (Å²) in [6.45, 7) is 5.57. The van der Waals surface area contributed by atoms with Crippen LogP contribution >= 0.6 is 0 Å². The number of amides is 1. The molecule has 0 spiro atoms. The van der Waals surface area contributed by atoms with Crippen molar-refractivity contribution in [3.8, 4) is 0 Å². The van der Waals surface area contributed by atoms with Gasteiger partial charge in [0.15, 0.2) is 5.65 Å². The highest BCUT2D eigenvalue weighted by Crippen LogP contribution is 2.27. The first-order valence-corrected chi connectivity index (χ1v) is 10.3. The Morgan fingerprint density at radius 1 is 1.21 bits per heavy atom. The van der Waals surface area contributed by atoms with Gasteiger partial charge in [-0.2, -0.15) is 5.10 Å². The van der Waals surface area contributed by atoms with Crippen LogP contribution in [-0.2, 0) is 17.1 Å². The Bertz CT molecular complexity index is 1170. The number of fused-ring (bicyclic) bond motifs is 1. The number of hydrogen-bond acceptors (Lipinski definition) is 5. The molecule has 0 aliphatic rings. The molecular formula is C19H23N5O3S. The first-order valence-electron chi connectivity index (χ1n) is 8.71. The summed E-state index contributed by atoms with van der Waals surface area (Å²) in [5, 5.41) is 10.3. The van der Waals surface area contributed by atoms with E-state index in [0.717, 1.165) is 22.3 Å². The molecule has 1 amide bonds. The fraction of sp³-hybridized carbons (Fsp3) is 0.316. The molecule has 0 aliphatic carbocycles. The number of carbonyl (C=O) groups excluding carboxylic acids is 1. The number of aryl methyl sites for hydroxylation is 3. The van der Waals surface area contributed by atoms with Gasteiger partial charge in [0, 0.05) is 19.8 Å². The largest absolute Gasteiger partial charge is 0.335 e. The van der Waals surface area contributed by atoms with E-state index in [1.54, 1.807) is 41.9 Å². The Balaban J connectivity index is 1.98. The van der Waals surface area contributed by atoms with Gasteiger partial charge in [0.05, 0.1) is 27.6 Å². The van der Waals surface area contributed by atoms with E-state index in [0.29, 0.717) is 11.2 Å². The molecule has 1 aromatic carbocycles. The summed E-state index contributed by atoms with van der Waals surface area (Å²) in [6.07, 6.45) is 0. The van der Waals surface area contributed by atoms with Gasteiger partial charge in [-0.1, -0.05) is 12.1 Å². The molecule has 2 aromatic heterocycles. The van der Waals surface area contributed by atoms with Crippen LogP contribution in [0.1, 0.15) is 40.3 Å². The minimum absolute atomic E-state index is 0.0369. The minimum Gasteiger partial charge on any atom is -0.335 e. The molecule has 9 heteroatoms. The molecule has 3 rings (SSSR count). The lowest BCUT2D eigenvalue weighted by atomic mass is 10.0. The van der Waals surface area contributed by atoms with Crippen LogP contribution in [-0.4, -0.2) is 41.0 Å². The zero-order valence-corrected chi connectivity index (χ0v) is 17.3. The lowest BCUT2D eigenvalue weighted by molar-refractivity contribution is 0.0744. The van der Waals surface area contributed by atoms with Crippen molar-refractivity contribution in [1.29, 1.82) is 0 Å². The lowest BCUT2D eigenvalue weighted by Gasteiger charge is -2.26. The van der Waals surface area contributed by atoms with Crippen molar-refractivity contribution < 1.29 is 13.2 Å². The number of sulfonamides is 1. The van der Waals surface area contributed by atoms with Crippen molar-refractivity contribution >= 4 is 27.0 Å². The summed E-state index contributed by atoms with van der Waals surface area (Å²) < 4.78 is 24.5. The standard InChI is InChI=1S/C19H23N5O3S/c1-11-10-16(17-12(2)22-24(5)18(17)21-11)19(25)23(4)13(3)14-6-8-15(9-7-14)28(20,26)27/h6-10,13H,1-5H3,(H2,20,26,27). The van der Waals surface area contributed by atoms with Gasteiger partial charge in [-0.15, -0.1) is 0 Å². The van der Waals surface area contributed by atoms with Crippen LogP contribution in [0, 0.1) is 13.8 Å². The third-order valence-electron chi connectivity index (χ3n) is 4.92. The van der Waals surface area contributed by atoms with Crippen molar-refractivity contribution in [2.24, 2.45) is 12.2 Å². The predicted octanol–water partition coefficient (Wildman–Crippen LogP) is 2.07. The molecule has 1 unspecified atom stereocenters. The predicted molar refractivity (Wildman–Crippen MR) is 106 cm³/mol. The fourth-order valence-electron chi connectivity index (χ4n) is 3.26. The lowest BCUT2D eigenvalue weighted by Crippen LogP contribution is -2.30. The maximum Gasteiger partial charge on any atom is 0.254 e. The van der Waals surface area contributed by atoms with E-state index in [1.807, 2.05) is 20.8 Å². The summed E-state index contributed by atoms with van der Waals surface area (Å²) in [4.78, 5) is 19.4. The Morgan fingerprint density at radius 3 is 2.39 bits per heavy atom. The third-order valence-corrected chi connectivity index (χ3v) is 5.85. The summed E-state index contributed by atoms with van der Waals surface area (Å²) in [6, 6.07) is 7.71. The zero-order valence-electron chi connectivity index (χ0n) is 16.5. The van der Waals surface area contributed by atoms with E-state index in [2.05, 4.69) is 10.1 Å². The first-order chi connectivity index (χ1) is 13.0. The highest BCUT2D eigenvalue weighted by atomic mass is 32.2. The van der Waals surface area contributed by atoms with Crippen LogP contribution in [0.2, 0.25) is 0 Å². The molecule has 0 saturated heterocycles. The average molecular weight is 401 g/mol. The summed E-state index contributed by atoms with van der Waals surface area (Å²) in [7, 11) is -0.236. The molecule has 0 radical (unpaired) electrons. The topological polar surface area (TPSA) is 111 Å². The van der Waals surface area contributed by atoms with Gasteiger partial charge in [0.2, 0.25) is 10.0 Å². The number of aromatic nitrogens is 3. The SMILES string of the molecule is Cc1cc(C(=O)N(C)C(C)c2ccc(S(N)(=O)=O)cc2)c2c(C)nn(C)c2n1. The molecule has 28 heavy (non-hydrogen) atoms. The number of rotatable bonds is 4. The highest BCUT2D eigenvalue weighted by molar-refractivity contribution is 7.89. The van der Waals surface area contributed by atoms with E-state index in [1.165, 1.54) is 12.1 Å². The number of primary sulfonamides is 1. The Hall–Kier alpha value is -2.78. The van der Waals surface area contributed by atoms with Crippen LogP contribution < -0.4 is 5.14 Å². The number of carbonyl (C=O) groups is 1. The van der Waals surface area contributed by atoms with Crippen molar-refractivity contribution in [2.45, 2.75) is 31.7 Å². The molecule has 148 valence electrons. The Kier molecular flexibility index (Phi) is 4.99. The molecule has 0 fully saturated rings. The number of nitrogens with two attached hydrogens (primary N) is 1. The van der Waals surface area contributed by atoms with Crippen LogP contribution in [0.25, 0.3) is 11.0 Å². The summed E-state index contributed by atoms with van der Waals surface area (Å²) in [5.41, 5.74) is 3.49. The first kappa shape index (κ1) is 20.0. The minimum atomic E-state index is -3.75. The fourth-order valence-corrected chi connectivity index (χ4v) is 3.78. The molecule has 0 saturated carbocycles. The monoisotopic (exact) mass is 401 g/mol. The van der Waals surface area contributed by atoms with Gasteiger partial charge in [-0.25, -0.2) is 18.5 Å². The molecule has 2 heterocycles. The number of benzene rings is 1. The van der Waals surface area contributed by atoms with Gasteiger partial charge >= 0.3 is 0 Å². The molecule has 2 N–H and O–H groups in total. The third kappa shape index (κ3) is 3.50. The highest BCUT2D eigenvalue weighted by Gasteiger charge is 2.24. The van der Waals surface area contributed by atoms with Gasteiger partial charge in [-0.3, -0.25) is 9.48 Å². The molecular weight excluding hydrogens is 378 g/mol. The van der Waals surface area contributed by atoms with Gasteiger partial charge in [-0.05, 0) is 44.5 Å². The number of pyridine rings is 1. The molecule has 0 aliphatic heterocycles. The van der Waals surface area contributed by atoms with Crippen LogP contribution in [0.5, 0.6) is 0 Å². The Morgan fingerprint density at radius 2 is 1.82 bits per heavy atom. The zero-order chi connectivity index (χ0) is 20.8. The van der Waals surface area contributed by atoms with Crippen LogP contribution in [0.3, 0.4) is 0 Å². The second-order valence-electron chi connectivity index (χ2n) is 6.92. The molecule has 3 aromatic rings. The molecule has 1 atom stereocenters. The smallest absolute Gasteiger partial charge is 0.254 e. The summed E-state index contributed by atoms with van der Waals surface area (Å²) >= 11 is 0. The van der Waals surface area contributed by atoms with E-state index in [4.69, 9.17) is 5.14 Å². The van der Waals surface area contributed by atoms with E-state index < -0.39 is 10.0 Å². The normalized spacial score (nSPS) is 12.9. The number of nitrogens with zero attached hydrogens (tertiary/aromatic N) is 4. The van der Waals surface area contributed by atoms with Gasteiger partial charge < -0.3 is 4.90 Å². The quantitative estimate of drug-likeness (QED) is 0.719. The van der Waals surface area contributed by atoms with Crippen molar-refractivity contribution in [1.82, 2.24) is 19.7 Å². The van der Waals surface area contributed by atoms with Crippen molar-refractivity contribution in [3.05, 3.63) is 52.8 Å². The maximum atomic E-state index is 13.3. The average Bonchev–Trinajstić information content (AvgIpc) is 2.92. The van der Waals surface area contributed by atoms with E-state index in [9.17, 15) is 13.2 Å². The molecule has 8 nitrogen and oxygen atoms in total. The van der Waals surface area contributed by atoms with E-state index >= 15 is 0 Å². The second kappa shape index (κ2) is 6.99. The van der Waals surface area contributed by atoms with Crippen molar-refractivity contribution in [3.63, 3.8) is 0 Å². The van der Waals surface area contributed by atoms with E-state index in [-0.39, 0.29) is 16.8 Å². The summed E-state index contributed by atoms with van der Waals surface area (Å²) in [5.74, 6) is -0.158. The van der Waals surface area contributed by atoms with Crippen molar-refractivity contribution in [2.75, 3.05) is 7.05 Å². The second-order valence-corrected chi connectivity index (χ2v) is 8.49. The van der Waals surface area contributed by atoms with Crippen LogP contribution in [0.15, 0.2) is 35.2 Å². The Labute approximate surface area is 164 Å². The van der Waals surface area contributed by atoms with Gasteiger partial charge in [0.25, 0.3) is 5.91 Å². The number of hydrogen-bond donors (Lipinski definition) is 1. The maximum absolute atomic E-state index is 13.3. The van der Waals surface area contributed by atoms with Crippen LogP contribution in [0.4, 0.5) is 0 Å².